The van der Waals surface area contributed by atoms with Crippen molar-refractivity contribution in [3.8, 4) is 22.3 Å². The van der Waals surface area contributed by atoms with Gasteiger partial charge in [-0.05, 0) is 84.5 Å². The summed E-state index contributed by atoms with van der Waals surface area (Å²) < 4.78 is 0. The van der Waals surface area contributed by atoms with Crippen molar-refractivity contribution in [2.45, 2.75) is 135 Å². The molecule has 0 aromatic heterocycles. The van der Waals surface area contributed by atoms with Crippen LogP contribution < -0.4 is 24.8 Å². The molecule has 4 heteroatoms. The van der Waals surface area contributed by atoms with Gasteiger partial charge in [0.05, 0.1) is 0 Å². The van der Waals surface area contributed by atoms with Crippen LogP contribution in [0.15, 0.2) is 109 Å². The molecule has 0 nitrogen and oxygen atoms in total. The molecule has 0 spiro atoms. The van der Waals surface area contributed by atoms with Gasteiger partial charge < -0.3 is 24.8 Å². The largest absolute Gasteiger partial charge is 1.00 e. The van der Waals surface area contributed by atoms with Crippen LogP contribution in [-0.2, 0) is 23.3 Å². The van der Waals surface area contributed by atoms with Gasteiger partial charge in [0.1, 0.15) is 0 Å². The molecule has 3 aliphatic carbocycles. The van der Waals surface area contributed by atoms with Crippen molar-refractivity contribution in [3.63, 3.8) is 0 Å². The van der Waals surface area contributed by atoms with Crippen LogP contribution in [0.4, 0.5) is 0 Å². The molecular weight excluding hydrogens is 815 g/mol. The van der Waals surface area contributed by atoms with Crippen LogP contribution in [0.1, 0.15) is 137 Å². The minimum Gasteiger partial charge on any atom is -1.00 e. The van der Waals surface area contributed by atoms with Gasteiger partial charge in [-0.25, -0.2) is 0 Å². The molecule has 0 N–H and O–H groups in total. The van der Waals surface area contributed by atoms with E-state index in [9.17, 15) is 0 Å². The first-order valence-electron chi connectivity index (χ1n) is 21.4. The Morgan fingerprint density at radius 1 is 0.518 bits per heavy atom. The number of aryl methyl sites for hydroxylation is 1. The Kier molecular flexibility index (Phi) is 17.4. The van der Waals surface area contributed by atoms with Crippen molar-refractivity contribution in [2.75, 3.05) is 0 Å². The van der Waals surface area contributed by atoms with Crippen LogP contribution in [0, 0.1) is 12.8 Å². The van der Waals surface area contributed by atoms with Gasteiger partial charge in [-0.3, -0.25) is 0 Å². The second-order valence-corrected chi connectivity index (χ2v) is 26.7. The second-order valence-electron chi connectivity index (χ2n) is 17.3. The molecule has 0 unspecified atom stereocenters. The quantitative estimate of drug-likeness (QED) is 0.120. The predicted molar refractivity (Wildman–Crippen MR) is 234 cm³/mol. The monoisotopic (exact) mass is 874 g/mol. The van der Waals surface area contributed by atoms with Crippen molar-refractivity contribution in [1.29, 1.82) is 0 Å². The fourth-order valence-electron chi connectivity index (χ4n) is 9.72. The number of hydrogen-bond donors (Lipinski definition) is 0. The van der Waals surface area contributed by atoms with Crippen LogP contribution in [0.25, 0.3) is 43.8 Å². The van der Waals surface area contributed by atoms with Gasteiger partial charge >= 0.3 is 41.9 Å². The van der Waals surface area contributed by atoms with E-state index in [-0.39, 0.29) is 30.2 Å². The minimum absolute atomic E-state index is 0. The van der Waals surface area contributed by atoms with E-state index >= 15 is 0 Å². The summed E-state index contributed by atoms with van der Waals surface area (Å²) >= 11 is 1.74. The molecule has 56 heavy (non-hydrogen) atoms. The number of fused-ring (bicyclic) bond motifs is 2. The summed E-state index contributed by atoms with van der Waals surface area (Å²) in [6.45, 7) is 9.20. The molecule has 6 aromatic carbocycles. The van der Waals surface area contributed by atoms with Gasteiger partial charge in [0, 0.05) is 0 Å². The first kappa shape index (κ1) is 44.9. The smallest absolute Gasteiger partial charge is 0.0162 e. The molecule has 0 radical (unpaired) electrons. The molecule has 3 aliphatic rings. The van der Waals surface area contributed by atoms with Crippen molar-refractivity contribution < 1.29 is 48.1 Å². The van der Waals surface area contributed by atoms with Crippen molar-refractivity contribution in [3.05, 3.63) is 131 Å². The molecule has 294 valence electrons. The van der Waals surface area contributed by atoms with Crippen LogP contribution in [0.5, 0.6) is 0 Å². The minimum atomic E-state index is 0. The molecule has 9 rings (SSSR count). The van der Waals surface area contributed by atoms with E-state index in [2.05, 4.69) is 136 Å². The molecule has 6 aromatic rings. The van der Waals surface area contributed by atoms with Crippen LogP contribution in [0.3, 0.4) is 0 Å². The number of benzene rings is 4. The van der Waals surface area contributed by atoms with Crippen LogP contribution >= 0.6 is 0 Å². The van der Waals surface area contributed by atoms with E-state index in [4.69, 9.17) is 0 Å². The van der Waals surface area contributed by atoms with Crippen LogP contribution in [0.2, 0.25) is 13.1 Å². The predicted octanol–water partition coefficient (Wildman–Crippen LogP) is 9.94. The first-order chi connectivity index (χ1) is 26.3. The normalized spacial score (nSPS) is 18.8. The molecular formula is C52H62Cl2SiZr-2. The Labute approximate surface area is 366 Å². The molecule has 0 bridgehead atoms. The third-order valence-corrected chi connectivity index (χ3v) is 12.8. The van der Waals surface area contributed by atoms with E-state index in [1.165, 1.54) is 145 Å². The molecule has 0 saturated heterocycles. The summed E-state index contributed by atoms with van der Waals surface area (Å²) in [6, 6.07) is 41.9. The zero-order valence-electron chi connectivity index (χ0n) is 34.4. The first-order valence-corrected chi connectivity index (χ1v) is 27.6. The average Bonchev–Trinajstić information content (AvgIpc) is 3.82. The van der Waals surface area contributed by atoms with Crippen LogP contribution in [-0.4, -0.2) is 5.43 Å². The summed E-state index contributed by atoms with van der Waals surface area (Å²) in [7, 11) is 0. The third kappa shape index (κ3) is 11.5. The fourth-order valence-corrected chi connectivity index (χ4v) is 9.72. The summed E-state index contributed by atoms with van der Waals surface area (Å²) in [5.41, 5.74) is 11.7. The zero-order valence-corrected chi connectivity index (χ0v) is 39.3. The number of hydrogen-bond acceptors (Lipinski definition) is 0. The van der Waals surface area contributed by atoms with Gasteiger partial charge in [0.15, 0.2) is 0 Å². The van der Waals surface area contributed by atoms with E-state index in [0.717, 1.165) is 23.7 Å². The Balaban J connectivity index is 0.000000194. The van der Waals surface area contributed by atoms with Gasteiger partial charge in [0.2, 0.25) is 0 Å². The van der Waals surface area contributed by atoms with E-state index in [1.807, 2.05) is 0 Å². The Bertz CT molecular complexity index is 2100. The van der Waals surface area contributed by atoms with Gasteiger partial charge in [-0.15, -0.1) is 69.1 Å². The molecule has 3 fully saturated rings. The Hall–Kier alpha value is -2.22. The maximum Gasteiger partial charge on any atom is -0.0162 e. The van der Waals surface area contributed by atoms with E-state index in [0.29, 0.717) is 0 Å². The third-order valence-electron chi connectivity index (χ3n) is 12.8. The second kappa shape index (κ2) is 21.7. The van der Waals surface area contributed by atoms with E-state index in [1.54, 1.807) is 34.5 Å². The molecule has 0 heterocycles. The van der Waals surface area contributed by atoms with Gasteiger partial charge in [0.25, 0.3) is 0 Å². The SMILES string of the molecule is CC1CCC(c2cc3c(-c4ccc(C5CCCCC5)cc4)cccc3[cH-]2)CC1.C[Si](C)=[Zr+2].Cc1cc2c(-c3ccc(C4CCCCC4)cc3)cccc2[cH-]1.[Cl-].[Cl-]. The number of rotatable bonds is 5. The maximum absolute atomic E-state index is 2.50. The maximum atomic E-state index is 2.50. The summed E-state index contributed by atoms with van der Waals surface area (Å²) in [6.07, 6.45) is 19.5. The van der Waals surface area contributed by atoms with Crippen molar-refractivity contribution in [1.82, 2.24) is 0 Å². The topological polar surface area (TPSA) is 0 Å². The molecule has 0 atom stereocenters. The van der Waals surface area contributed by atoms with Gasteiger partial charge in [-0.2, -0.15) is 12.1 Å². The standard InChI is InChI=1S/C28H33.C22H23.C2H6Si.2ClH.Zr/c1-20-10-12-23(13-11-20)26-18-25-8-5-9-27(28(25)19-26)24-16-14-22(15-17-24)21-6-3-2-4-7-21;1-16-14-20-8-5-9-21(22(20)15-16)19-12-10-18(11-13-19)17-6-3-2-4-7-17;1-3-2;;;/h5,8-9,14-21,23H,2-4,6-7,10-13H2,1H3;5,8-15,17H,2-4,6-7H2,1H3;1-2H3;2*1H;/q2*-1;;;;+2/p-2. The average molecular weight is 877 g/mol. The molecule has 0 aliphatic heterocycles. The Morgan fingerprint density at radius 2 is 0.946 bits per heavy atom. The Morgan fingerprint density at radius 3 is 1.41 bits per heavy atom. The summed E-state index contributed by atoms with van der Waals surface area (Å²) in [5, 5.41) is 5.60. The molecule has 3 saturated carbocycles. The molecule has 0 amide bonds. The summed E-state index contributed by atoms with van der Waals surface area (Å²) in [5.74, 6) is 3.27. The van der Waals surface area contributed by atoms with Crippen molar-refractivity contribution in [2.24, 2.45) is 5.92 Å². The van der Waals surface area contributed by atoms with E-state index < -0.39 is 0 Å². The van der Waals surface area contributed by atoms with Crippen molar-refractivity contribution >= 4 is 27.0 Å². The fraction of sp³-hybridized carbons (Fsp3) is 0.423. The zero-order chi connectivity index (χ0) is 37.4. The summed E-state index contributed by atoms with van der Waals surface area (Å²) in [4.78, 5) is 0. The number of halogens is 2. The van der Waals surface area contributed by atoms with Gasteiger partial charge in [-0.1, -0.05) is 137 Å².